The van der Waals surface area contributed by atoms with E-state index in [-0.39, 0.29) is 11.6 Å². The van der Waals surface area contributed by atoms with Gasteiger partial charge in [0.1, 0.15) is 5.56 Å². The van der Waals surface area contributed by atoms with E-state index in [4.69, 9.17) is 5.11 Å². The first kappa shape index (κ1) is 12.6. The van der Waals surface area contributed by atoms with Gasteiger partial charge in [0.05, 0.1) is 0 Å². The number of H-pyrrole nitrogens is 1. The Kier molecular flexibility index (Phi) is 3.36. The highest BCUT2D eigenvalue weighted by atomic mass is 16.4. The summed E-state index contributed by atoms with van der Waals surface area (Å²) < 4.78 is 1.36. The Morgan fingerprint density at radius 2 is 1.94 bits per heavy atom. The second-order valence-electron chi connectivity index (χ2n) is 4.93. The first-order chi connectivity index (χ1) is 8.49. The van der Waals surface area contributed by atoms with Crippen molar-refractivity contribution in [3.63, 3.8) is 0 Å². The maximum absolute atomic E-state index is 11.7. The number of hydrogen-bond acceptors (Lipinski definition) is 3. The van der Waals surface area contributed by atoms with Gasteiger partial charge in [0.25, 0.3) is 5.56 Å². The van der Waals surface area contributed by atoms with Crippen molar-refractivity contribution in [1.29, 1.82) is 0 Å². The lowest BCUT2D eigenvalue weighted by Gasteiger charge is -2.27. The first-order valence-corrected chi connectivity index (χ1v) is 6.08. The van der Waals surface area contributed by atoms with E-state index in [1.54, 1.807) is 0 Å². The number of carboxylic acid groups (broad SMARTS) is 1. The molecule has 1 fully saturated rings. The van der Waals surface area contributed by atoms with Gasteiger partial charge in [0.15, 0.2) is 0 Å². The van der Waals surface area contributed by atoms with E-state index in [9.17, 15) is 14.4 Å². The van der Waals surface area contributed by atoms with Gasteiger partial charge in [-0.3, -0.25) is 14.3 Å². The fraction of sp³-hybridized carbons (Fsp3) is 0.583. The Hall–Kier alpha value is -1.85. The third-order valence-electron chi connectivity index (χ3n) is 3.58. The summed E-state index contributed by atoms with van der Waals surface area (Å²) in [7, 11) is 0. The molecule has 98 valence electrons. The Morgan fingerprint density at radius 3 is 2.50 bits per heavy atom. The van der Waals surface area contributed by atoms with Crippen LogP contribution in [-0.4, -0.2) is 20.6 Å². The van der Waals surface area contributed by atoms with Gasteiger partial charge in [-0.2, -0.15) is 0 Å². The highest BCUT2D eigenvalue weighted by Crippen LogP contribution is 2.30. The Balaban J connectivity index is 2.39. The van der Waals surface area contributed by atoms with Crippen LogP contribution < -0.4 is 11.2 Å². The second kappa shape index (κ2) is 4.80. The smallest absolute Gasteiger partial charge is 0.342 e. The molecular weight excluding hydrogens is 236 g/mol. The monoisotopic (exact) mass is 252 g/mol. The number of nitrogens with zero attached hydrogens (tertiary/aromatic N) is 1. The average molecular weight is 252 g/mol. The van der Waals surface area contributed by atoms with E-state index in [2.05, 4.69) is 11.9 Å². The summed E-state index contributed by atoms with van der Waals surface area (Å²) in [5.41, 5.74) is -1.74. The summed E-state index contributed by atoms with van der Waals surface area (Å²) in [4.78, 5) is 36.0. The summed E-state index contributed by atoms with van der Waals surface area (Å²) in [5.74, 6) is -0.673. The van der Waals surface area contributed by atoms with Crippen LogP contribution in [0.25, 0.3) is 0 Å². The molecule has 0 aliphatic heterocycles. The van der Waals surface area contributed by atoms with Crippen LogP contribution in [-0.2, 0) is 0 Å². The van der Waals surface area contributed by atoms with E-state index >= 15 is 0 Å². The van der Waals surface area contributed by atoms with Crippen LogP contribution in [0.5, 0.6) is 0 Å². The van der Waals surface area contributed by atoms with Gasteiger partial charge in [-0.15, -0.1) is 0 Å². The molecular formula is C12H16N2O4. The normalized spacial score (nSPS) is 23.8. The maximum Gasteiger partial charge on any atom is 0.342 e. The minimum Gasteiger partial charge on any atom is -0.477 e. The number of aromatic amines is 1. The zero-order valence-corrected chi connectivity index (χ0v) is 10.2. The number of rotatable bonds is 2. The molecule has 6 nitrogen and oxygen atoms in total. The molecule has 0 unspecified atom stereocenters. The molecule has 0 spiro atoms. The number of aromatic nitrogens is 2. The molecule has 6 heteroatoms. The van der Waals surface area contributed by atoms with Crippen molar-refractivity contribution in [3.8, 4) is 0 Å². The van der Waals surface area contributed by atoms with Gasteiger partial charge in [-0.1, -0.05) is 6.92 Å². The minimum absolute atomic E-state index is 0.0105. The van der Waals surface area contributed by atoms with Crippen molar-refractivity contribution in [3.05, 3.63) is 32.6 Å². The lowest BCUT2D eigenvalue weighted by atomic mass is 9.87. The van der Waals surface area contributed by atoms with Gasteiger partial charge in [0.2, 0.25) is 0 Å². The molecule has 2 rings (SSSR count). The SMILES string of the molecule is CC1CCC(n2cc(C(=O)O)c(=O)[nH]c2=O)CC1. The highest BCUT2D eigenvalue weighted by Gasteiger charge is 2.22. The summed E-state index contributed by atoms with van der Waals surface area (Å²) in [6.45, 7) is 2.16. The Bertz CT molecular complexity index is 564. The molecule has 0 radical (unpaired) electrons. The average Bonchev–Trinajstić information content (AvgIpc) is 2.30. The fourth-order valence-corrected chi connectivity index (χ4v) is 2.43. The quantitative estimate of drug-likeness (QED) is 0.820. The number of carboxylic acids is 1. The van der Waals surface area contributed by atoms with Gasteiger partial charge >= 0.3 is 11.7 Å². The lowest BCUT2D eigenvalue weighted by molar-refractivity contribution is 0.0693. The summed E-state index contributed by atoms with van der Waals surface area (Å²) in [6, 6.07) is -0.0105. The Labute approximate surface area is 103 Å². The molecule has 1 saturated carbocycles. The third kappa shape index (κ3) is 2.37. The lowest BCUT2D eigenvalue weighted by Crippen LogP contribution is -2.36. The van der Waals surface area contributed by atoms with Gasteiger partial charge in [-0.05, 0) is 31.6 Å². The molecule has 1 aliphatic rings. The van der Waals surface area contributed by atoms with Crippen molar-refractivity contribution in [1.82, 2.24) is 9.55 Å². The molecule has 0 aromatic carbocycles. The predicted octanol–water partition coefficient (Wildman–Crippen LogP) is 0.986. The second-order valence-corrected chi connectivity index (χ2v) is 4.93. The Morgan fingerprint density at radius 1 is 1.33 bits per heavy atom. The van der Waals surface area contributed by atoms with E-state index in [0.717, 1.165) is 25.7 Å². The van der Waals surface area contributed by atoms with Crippen LogP contribution in [0, 0.1) is 5.92 Å². The number of aromatic carboxylic acids is 1. The van der Waals surface area contributed by atoms with Gasteiger partial charge in [-0.25, -0.2) is 9.59 Å². The molecule has 18 heavy (non-hydrogen) atoms. The van der Waals surface area contributed by atoms with Crippen LogP contribution in [0.3, 0.4) is 0 Å². The van der Waals surface area contributed by atoms with Crippen molar-refractivity contribution in [2.45, 2.75) is 38.6 Å². The zero-order valence-electron chi connectivity index (χ0n) is 10.2. The van der Waals surface area contributed by atoms with Gasteiger partial charge in [0, 0.05) is 12.2 Å². The van der Waals surface area contributed by atoms with E-state index in [1.165, 1.54) is 10.8 Å². The molecule has 0 amide bonds. The standard InChI is InChI=1S/C12H16N2O4/c1-7-2-4-8(5-3-7)14-6-9(11(16)17)10(15)13-12(14)18/h6-8H,2-5H2,1H3,(H,16,17)(H,13,15,18). The largest absolute Gasteiger partial charge is 0.477 e. The fourth-order valence-electron chi connectivity index (χ4n) is 2.43. The van der Waals surface area contributed by atoms with Crippen LogP contribution in [0.2, 0.25) is 0 Å². The van der Waals surface area contributed by atoms with Crippen LogP contribution in [0.15, 0.2) is 15.8 Å². The number of nitrogens with one attached hydrogen (secondary N) is 1. The third-order valence-corrected chi connectivity index (χ3v) is 3.58. The zero-order chi connectivity index (χ0) is 13.3. The van der Waals surface area contributed by atoms with Crippen LogP contribution >= 0.6 is 0 Å². The molecule has 1 aromatic rings. The highest BCUT2D eigenvalue weighted by molar-refractivity contribution is 5.86. The molecule has 0 saturated heterocycles. The summed E-state index contributed by atoms with van der Waals surface area (Å²) in [5, 5.41) is 8.89. The molecule has 0 atom stereocenters. The summed E-state index contributed by atoms with van der Waals surface area (Å²) >= 11 is 0. The van der Waals surface area contributed by atoms with Crippen molar-refractivity contribution < 1.29 is 9.90 Å². The topological polar surface area (TPSA) is 92.2 Å². The number of carbonyl (C=O) groups is 1. The molecule has 1 aliphatic carbocycles. The van der Waals surface area contributed by atoms with E-state index in [0.29, 0.717) is 5.92 Å². The van der Waals surface area contributed by atoms with Crippen molar-refractivity contribution >= 4 is 5.97 Å². The van der Waals surface area contributed by atoms with Crippen LogP contribution in [0.1, 0.15) is 49.0 Å². The maximum atomic E-state index is 11.7. The molecule has 1 aromatic heterocycles. The van der Waals surface area contributed by atoms with Crippen LogP contribution in [0.4, 0.5) is 0 Å². The minimum atomic E-state index is -1.31. The van der Waals surface area contributed by atoms with Gasteiger partial charge < -0.3 is 5.11 Å². The van der Waals surface area contributed by atoms with E-state index < -0.39 is 17.2 Å². The molecule has 1 heterocycles. The van der Waals surface area contributed by atoms with E-state index in [1.807, 2.05) is 0 Å². The summed E-state index contributed by atoms with van der Waals surface area (Å²) in [6.07, 6.45) is 4.87. The number of hydrogen-bond donors (Lipinski definition) is 2. The first-order valence-electron chi connectivity index (χ1n) is 6.08. The molecule has 2 N–H and O–H groups in total. The van der Waals surface area contributed by atoms with Crippen molar-refractivity contribution in [2.24, 2.45) is 5.92 Å². The molecule has 0 bridgehead atoms. The van der Waals surface area contributed by atoms with Crippen molar-refractivity contribution in [2.75, 3.05) is 0 Å². The predicted molar refractivity (Wildman–Crippen MR) is 65.0 cm³/mol.